The van der Waals surface area contributed by atoms with E-state index >= 15 is 0 Å². The minimum absolute atomic E-state index is 0.592. The first-order valence-corrected chi connectivity index (χ1v) is 3.95. The van der Waals surface area contributed by atoms with E-state index in [1.165, 1.54) is 11.3 Å². The van der Waals surface area contributed by atoms with Gasteiger partial charge in [-0.3, -0.25) is 4.79 Å². The van der Waals surface area contributed by atoms with Gasteiger partial charge in [0.05, 0.1) is 10.7 Å². The van der Waals surface area contributed by atoms with Crippen LogP contribution in [-0.4, -0.2) is 11.3 Å². The van der Waals surface area contributed by atoms with E-state index in [2.05, 4.69) is 16.8 Å². The fourth-order valence-corrected chi connectivity index (χ4v) is 1.52. The third kappa shape index (κ3) is 1.89. The van der Waals surface area contributed by atoms with E-state index in [0.717, 1.165) is 15.6 Å². The molecule has 0 radical (unpaired) electrons. The Hall–Kier alpha value is -1.14. The maximum absolute atomic E-state index is 9.91. The molecule has 0 saturated carbocycles. The molecule has 1 rings (SSSR count). The lowest BCUT2D eigenvalue weighted by Gasteiger charge is -1.78. The number of aryl methyl sites for hydroxylation is 2. The first-order chi connectivity index (χ1) is 5.24. The Morgan fingerprint density at radius 1 is 1.55 bits per heavy atom. The van der Waals surface area contributed by atoms with Gasteiger partial charge in [0.1, 0.15) is 4.88 Å². The van der Waals surface area contributed by atoms with Crippen molar-refractivity contribution in [3.8, 4) is 11.8 Å². The monoisotopic (exact) mass is 165 g/mol. The molecular formula is C8H7NOS. The van der Waals surface area contributed by atoms with Gasteiger partial charge >= 0.3 is 0 Å². The van der Waals surface area contributed by atoms with Gasteiger partial charge in [0.25, 0.3) is 0 Å². The number of nitrogens with zero attached hydrogens (tertiary/aromatic N) is 1. The Bertz CT molecular complexity index is 330. The van der Waals surface area contributed by atoms with Crippen molar-refractivity contribution in [2.75, 3.05) is 0 Å². The fraction of sp³-hybridized carbons (Fsp3) is 0.250. The summed E-state index contributed by atoms with van der Waals surface area (Å²) in [5, 5.41) is 0.984. The predicted molar refractivity (Wildman–Crippen MR) is 44.5 cm³/mol. The van der Waals surface area contributed by atoms with Gasteiger partial charge in [0, 0.05) is 0 Å². The van der Waals surface area contributed by atoms with Crippen molar-refractivity contribution in [3.05, 3.63) is 15.6 Å². The fourth-order valence-electron chi connectivity index (χ4n) is 0.742. The maximum Gasteiger partial charge on any atom is 0.193 e. The van der Waals surface area contributed by atoms with Gasteiger partial charge in [-0.25, -0.2) is 4.98 Å². The first-order valence-electron chi connectivity index (χ1n) is 3.13. The van der Waals surface area contributed by atoms with Gasteiger partial charge in [-0.05, 0) is 25.7 Å². The molecule has 0 aliphatic heterocycles. The number of aromatic nitrogens is 1. The molecule has 0 bridgehead atoms. The molecule has 11 heavy (non-hydrogen) atoms. The number of aldehydes is 1. The van der Waals surface area contributed by atoms with Crippen molar-refractivity contribution < 1.29 is 4.79 Å². The first kappa shape index (κ1) is 7.96. The van der Waals surface area contributed by atoms with E-state index in [4.69, 9.17) is 0 Å². The molecule has 0 aromatic carbocycles. The Balaban J connectivity index is 3.03. The van der Waals surface area contributed by atoms with Crippen LogP contribution in [0.2, 0.25) is 0 Å². The standard InChI is InChI=1S/C8H7NOS/c1-6-8(4-3-5-10)11-7(2)9-6/h5H,1-2H3. The Labute approximate surface area is 69.3 Å². The molecule has 0 fully saturated rings. The van der Waals surface area contributed by atoms with E-state index in [-0.39, 0.29) is 0 Å². The highest BCUT2D eigenvalue weighted by atomic mass is 32.1. The highest BCUT2D eigenvalue weighted by Gasteiger charge is 1.99. The van der Waals surface area contributed by atoms with Crippen molar-refractivity contribution in [2.45, 2.75) is 13.8 Å². The summed E-state index contributed by atoms with van der Waals surface area (Å²) in [7, 11) is 0. The van der Waals surface area contributed by atoms with Crippen molar-refractivity contribution in [1.29, 1.82) is 0 Å². The number of rotatable bonds is 0. The predicted octanol–water partition coefficient (Wildman–Crippen LogP) is 1.31. The summed E-state index contributed by atoms with van der Waals surface area (Å²) in [5.41, 5.74) is 0.904. The van der Waals surface area contributed by atoms with Crippen molar-refractivity contribution in [1.82, 2.24) is 4.98 Å². The second kappa shape index (κ2) is 3.31. The Kier molecular flexibility index (Phi) is 2.40. The summed E-state index contributed by atoms with van der Waals surface area (Å²) in [5.74, 6) is 5.08. The molecular weight excluding hydrogens is 158 g/mol. The smallest absolute Gasteiger partial charge is 0.193 e. The van der Waals surface area contributed by atoms with Crippen molar-refractivity contribution in [3.63, 3.8) is 0 Å². The summed E-state index contributed by atoms with van der Waals surface area (Å²) in [6, 6.07) is 0. The molecule has 0 atom stereocenters. The third-order valence-corrected chi connectivity index (χ3v) is 2.14. The maximum atomic E-state index is 9.91. The average molecular weight is 165 g/mol. The zero-order chi connectivity index (χ0) is 8.27. The lowest BCUT2D eigenvalue weighted by atomic mass is 10.4. The van der Waals surface area contributed by atoms with Crippen LogP contribution in [-0.2, 0) is 4.79 Å². The van der Waals surface area contributed by atoms with E-state index < -0.39 is 0 Å². The van der Waals surface area contributed by atoms with Gasteiger partial charge in [0.15, 0.2) is 6.29 Å². The summed E-state index contributed by atoms with van der Waals surface area (Å²) >= 11 is 1.51. The van der Waals surface area contributed by atoms with Crippen LogP contribution in [0, 0.1) is 25.7 Å². The van der Waals surface area contributed by atoms with Crippen LogP contribution in [0.5, 0.6) is 0 Å². The molecule has 1 heterocycles. The van der Waals surface area contributed by atoms with Crippen LogP contribution < -0.4 is 0 Å². The summed E-state index contributed by atoms with van der Waals surface area (Å²) in [4.78, 5) is 15.0. The molecule has 0 aliphatic rings. The van der Waals surface area contributed by atoms with E-state index in [1.54, 1.807) is 0 Å². The molecule has 1 aromatic heterocycles. The van der Waals surface area contributed by atoms with Crippen molar-refractivity contribution >= 4 is 17.6 Å². The van der Waals surface area contributed by atoms with E-state index in [1.807, 2.05) is 13.8 Å². The zero-order valence-electron chi connectivity index (χ0n) is 6.34. The molecule has 0 aliphatic carbocycles. The second-order valence-electron chi connectivity index (χ2n) is 2.03. The summed E-state index contributed by atoms with van der Waals surface area (Å²) < 4.78 is 0. The largest absolute Gasteiger partial charge is 0.289 e. The van der Waals surface area contributed by atoms with E-state index in [9.17, 15) is 4.79 Å². The second-order valence-corrected chi connectivity index (χ2v) is 3.24. The minimum Gasteiger partial charge on any atom is -0.289 e. The van der Waals surface area contributed by atoms with Crippen molar-refractivity contribution in [2.24, 2.45) is 0 Å². The molecule has 0 saturated heterocycles. The van der Waals surface area contributed by atoms with Gasteiger partial charge in [0.2, 0.25) is 0 Å². The summed E-state index contributed by atoms with van der Waals surface area (Å²) in [6.45, 7) is 3.81. The Morgan fingerprint density at radius 3 is 2.73 bits per heavy atom. The number of carbonyl (C=O) groups excluding carboxylic acids is 1. The zero-order valence-corrected chi connectivity index (χ0v) is 7.16. The van der Waals surface area contributed by atoms with Crippen LogP contribution in [0.15, 0.2) is 0 Å². The lowest BCUT2D eigenvalue weighted by molar-refractivity contribution is -0.103. The highest BCUT2D eigenvalue weighted by molar-refractivity contribution is 7.12. The van der Waals surface area contributed by atoms with Gasteiger partial charge in [-0.15, -0.1) is 11.3 Å². The molecule has 0 amide bonds. The van der Waals surface area contributed by atoms with Crippen LogP contribution in [0.3, 0.4) is 0 Å². The molecule has 2 nitrogen and oxygen atoms in total. The normalized spacial score (nSPS) is 8.55. The molecule has 0 N–H and O–H groups in total. The van der Waals surface area contributed by atoms with Gasteiger partial charge in [-0.2, -0.15) is 0 Å². The topological polar surface area (TPSA) is 30.0 Å². The van der Waals surface area contributed by atoms with Crippen LogP contribution in [0.1, 0.15) is 15.6 Å². The summed E-state index contributed by atoms with van der Waals surface area (Å²) in [6.07, 6.45) is 0.592. The molecule has 0 unspecified atom stereocenters. The van der Waals surface area contributed by atoms with Crippen LogP contribution in [0.4, 0.5) is 0 Å². The quantitative estimate of drug-likeness (QED) is 0.428. The lowest BCUT2D eigenvalue weighted by Crippen LogP contribution is -1.74. The average Bonchev–Trinajstić information content (AvgIpc) is 2.26. The van der Waals surface area contributed by atoms with Crippen LogP contribution in [0.25, 0.3) is 0 Å². The number of thiazole rings is 1. The molecule has 0 spiro atoms. The SMILES string of the molecule is Cc1nc(C)c(C#CC=O)s1. The number of hydrogen-bond donors (Lipinski definition) is 0. The minimum atomic E-state index is 0.592. The number of carbonyl (C=O) groups is 1. The Morgan fingerprint density at radius 2 is 2.27 bits per heavy atom. The van der Waals surface area contributed by atoms with E-state index in [0.29, 0.717) is 6.29 Å². The number of hydrogen-bond acceptors (Lipinski definition) is 3. The van der Waals surface area contributed by atoms with Gasteiger partial charge in [-0.1, -0.05) is 0 Å². The van der Waals surface area contributed by atoms with Gasteiger partial charge < -0.3 is 0 Å². The van der Waals surface area contributed by atoms with Crippen LogP contribution >= 0.6 is 11.3 Å². The third-order valence-electron chi connectivity index (χ3n) is 1.15. The highest BCUT2D eigenvalue weighted by Crippen LogP contribution is 2.14. The molecule has 3 heteroatoms. The molecule has 56 valence electrons. The molecule has 1 aromatic rings.